The topological polar surface area (TPSA) is 74.5 Å². The lowest BCUT2D eigenvalue weighted by Crippen LogP contribution is -2.06. The molecule has 27 heavy (non-hydrogen) atoms. The van der Waals surface area contributed by atoms with E-state index in [0.29, 0.717) is 11.3 Å². The van der Waals surface area contributed by atoms with Gasteiger partial charge in [-0.3, -0.25) is 0 Å². The van der Waals surface area contributed by atoms with Gasteiger partial charge in [-0.25, -0.2) is 9.18 Å². The van der Waals surface area contributed by atoms with Gasteiger partial charge in [0.1, 0.15) is 11.6 Å². The number of carbonyl (C=O) groups excluding carboxylic acids is 1. The van der Waals surface area contributed by atoms with Crippen LogP contribution in [0.4, 0.5) is 4.39 Å². The maximum absolute atomic E-state index is 13.0. The number of para-hydroxylation sites is 1. The molecule has 0 bridgehead atoms. The molecule has 7 heteroatoms. The van der Waals surface area contributed by atoms with Crippen molar-refractivity contribution in [1.29, 1.82) is 0 Å². The van der Waals surface area contributed by atoms with Gasteiger partial charge in [0.25, 0.3) is 5.89 Å². The number of hydrogen-bond donors (Lipinski definition) is 0. The summed E-state index contributed by atoms with van der Waals surface area (Å²) in [6.07, 6.45) is 2.17. The fourth-order valence-electron chi connectivity index (χ4n) is 2.33. The summed E-state index contributed by atoms with van der Waals surface area (Å²) in [4.78, 5) is 12.0. The number of benzene rings is 2. The van der Waals surface area contributed by atoms with Crippen molar-refractivity contribution < 1.29 is 23.1 Å². The van der Waals surface area contributed by atoms with E-state index in [1.165, 1.54) is 30.3 Å². The summed E-state index contributed by atoms with van der Waals surface area (Å²) in [7, 11) is 1.56. The number of carbonyl (C=O) groups is 1. The first-order valence-electron chi connectivity index (χ1n) is 8.18. The Labute approximate surface area is 155 Å². The second kappa shape index (κ2) is 8.27. The molecule has 1 atom stereocenters. The highest BCUT2D eigenvalue weighted by Gasteiger charge is 2.18. The molecule has 0 spiro atoms. The second-order valence-electron chi connectivity index (χ2n) is 5.61. The highest BCUT2D eigenvalue weighted by molar-refractivity contribution is 5.87. The number of halogens is 1. The Morgan fingerprint density at radius 3 is 2.63 bits per heavy atom. The standard InChI is InChI=1S/C20H17FN2O4/c1-13(19-22-23-20(27-19)15-7-10-16(21)11-8-15)26-18(24)12-9-14-5-3-4-6-17(14)25-2/h3-13H,1-2H3/b12-9+/t13-/m0/s1. The zero-order chi connectivity index (χ0) is 19.2. The van der Waals surface area contributed by atoms with Crippen molar-refractivity contribution in [2.45, 2.75) is 13.0 Å². The third-order valence-corrected chi connectivity index (χ3v) is 3.71. The number of methoxy groups -OCH3 is 1. The van der Waals surface area contributed by atoms with Crippen LogP contribution in [-0.2, 0) is 9.53 Å². The van der Waals surface area contributed by atoms with Gasteiger partial charge in [-0.15, -0.1) is 10.2 Å². The van der Waals surface area contributed by atoms with Crippen molar-refractivity contribution in [3.8, 4) is 17.2 Å². The predicted octanol–water partition coefficient (Wildman–Crippen LogP) is 4.20. The average Bonchev–Trinajstić information content (AvgIpc) is 3.17. The van der Waals surface area contributed by atoms with Crippen LogP contribution in [0.5, 0.6) is 5.75 Å². The van der Waals surface area contributed by atoms with Crippen LogP contribution in [0, 0.1) is 5.82 Å². The Kier molecular flexibility index (Phi) is 5.61. The van der Waals surface area contributed by atoms with Crippen molar-refractivity contribution in [3.63, 3.8) is 0 Å². The van der Waals surface area contributed by atoms with Crippen LogP contribution < -0.4 is 4.74 Å². The summed E-state index contributed by atoms with van der Waals surface area (Å²) >= 11 is 0. The molecule has 0 aliphatic heterocycles. The minimum absolute atomic E-state index is 0.147. The van der Waals surface area contributed by atoms with Gasteiger partial charge in [0.05, 0.1) is 7.11 Å². The molecule has 3 rings (SSSR count). The van der Waals surface area contributed by atoms with Crippen LogP contribution in [-0.4, -0.2) is 23.3 Å². The first kappa shape index (κ1) is 18.3. The average molecular weight is 368 g/mol. The van der Waals surface area contributed by atoms with Crippen molar-refractivity contribution in [3.05, 3.63) is 71.9 Å². The molecule has 0 aliphatic rings. The fourth-order valence-corrected chi connectivity index (χ4v) is 2.33. The Morgan fingerprint density at radius 1 is 1.15 bits per heavy atom. The predicted molar refractivity (Wildman–Crippen MR) is 96.2 cm³/mol. The Bertz CT molecular complexity index is 951. The number of rotatable bonds is 6. The number of aromatic nitrogens is 2. The second-order valence-corrected chi connectivity index (χ2v) is 5.61. The van der Waals surface area contributed by atoms with E-state index in [1.54, 1.807) is 26.2 Å². The first-order valence-corrected chi connectivity index (χ1v) is 8.18. The summed E-state index contributed by atoms with van der Waals surface area (Å²) < 4.78 is 29.0. The van der Waals surface area contributed by atoms with Gasteiger partial charge in [0, 0.05) is 17.2 Å². The SMILES string of the molecule is COc1ccccc1/C=C/C(=O)O[C@@H](C)c1nnc(-c2ccc(F)cc2)o1. The van der Waals surface area contributed by atoms with Gasteiger partial charge in [-0.2, -0.15) is 0 Å². The fraction of sp³-hybridized carbons (Fsp3) is 0.150. The van der Waals surface area contributed by atoms with Gasteiger partial charge in [0.15, 0.2) is 6.10 Å². The molecular formula is C20H17FN2O4. The monoisotopic (exact) mass is 368 g/mol. The lowest BCUT2D eigenvalue weighted by molar-refractivity contribution is -0.143. The van der Waals surface area contributed by atoms with Crippen LogP contribution in [0.25, 0.3) is 17.5 Å². The Hall–Kier alpha value is -3.48. The molecule has 1 aromatic heterocycles. The molecule has 0 N–H and O–H groups in total. The Balaban J connectivity index is 1.65. The lowest BCUT2D eigenvalue weighted by atomic mass is 10.2. The minimum Gasteiger partial charge on any atom is -0.496 e. The summed E-state index contributed by atoms with van der Waals surface area (Å²) in [6.45, 7) is 1.62. The van der Waals surface area contributed by atoms with Gasteiger partial charge in [0.2, 0.25) is 5.89 Å². The van der Waals surface area contributed by atoms with Gasteiger partial charge in [-0.1, -0.05) is 18.2 Å². The van der Waals surface area contributed by atoms with Crippen LogP contribution in [0.2, 0.25) is 0 Å². The lowest BCUT2D eigenvalue weighted by Gasteiger charge is -2.07. The molecule has 1 heterocycles. The maximum Gasteiger partial charge on any atom is 0.331 e. The number of hydrogen-bond acceptors (Lipinski definition) is 6. The van der Waals surface area contributed by atoms with E-state index >= 15 is 0 Å². The van der Waals surface area contributed by atoms with E-state index in [-0.39, 0.29) is 17.6 Å². The molecule has 0 amide bonds. The zero-order valence-corrected chi connectivity index (χ0v) is 14.8. The molecule has 0 saturated heterocycles. The van der Waals surface area contributed by atoms with Crippen LogP contribution in [0.1, 0.15) is 24.5 Å². The summed E-state index contributed by atoms with van der Waals surface area (Å²) in [6, 6.07) is 12.9. The van der Waals surface area contributed by atoms with E-state index in [0.717, 1.165) is 5.56 Å². The maximum atomic E-state index is 13.0. The van der Waals surface area contributed by atoms with Gasteiger partial charge in [-0.05, 0) is 43.3 Å². The van der Waals surface area contributed by atoms with Crippen molar-refractivity contribution in [2.24, 2.45) is 0 Å². The van der Waals surface area contributed by atoms with E-state index in [2.05, 4.69) is 10.2 Å². The molecule has 0 fully saturated rings. The summed E-state index contributed by atoms with van der Waals surface area (Å²) in [5, 5.41) is 7.78. The van der Waals surface area contributed by atoms with Gasteiger partial charge >= 0.3 is 5.97 Å². The van der Waals surface area contributed by atoms with Crippen LogP contribution in [0.15, 0.2) is 59.0 Å². The minimum atomic E-state index is -0.735. The highest BCUT2D eigenvalue weighted by Crippen LogP contribution is 2.23. The third-order valence-electron chi connectivity index (χ3n) is 3.71. The quantitative estimate of drug-likeness (QED) is 0.479. The van der Waals surface area contributed by atoms with Crippen molar-refractivity contribution >= 4 is 12.0 Å². The van der Waals surface area contributed by atoms with E-state index in [4.69, 9.17) is 13.9 Å². The van der Waals surface area contributed by atoms with E-state index in [9.17, 15) is 9.18 Å². The van der Waals surface area contributed by atoms with E-state index < -0.39 is 12.1 Å². The number of esters is 1. The molecule has 138 valence electrons. The van der Waals surface area contributed by atoms with Crippen LogP contribution >= 0.6 is 0 Å². The molecule has 6 nitrogen and oxygen atoms in total. The smallest absolute Gasteiger partial charge is 0.331 e. The summed E-state index contributed by atoms with van der Waals surface area (Å²) in [5.41, 5.74) is 1.32. The number of ether oxygens (including phenoxy) is 2. The molecule has 3 aromatic rings. The van der Waals surface area contributed by atoms with E-state index in [1.807, 2.05) is 18.2 Å². The van der Waals surface area contributed by atoms with Crippen LogP contribution in [0.3, 0.4) is 0 Å². The molecule has 0 saturated carbocycles. The Morgan fingerprint density at radius 2 is 1.89 bits per heavy atom. The highest BCUT2D eigenvalue weighted by atomic mass is 19.1. The molecular weight excluding hydrogens is 351 g/mol. The summed E-state index contributed by atoms with van der Waals surface area (Å²) in [5.74, 6) is 0.0961. The molecule has 0 radical (unpaired) electrons. The van der Waals surface area contributed by atoms with Crippen molar-refractivity contribution in [2.75, 3.05) is 7.11 Å². The number of nitrogens with zero attached hydrogens (tertiary/aromatic N) is 2. The van der Waals surface area contributed by atoms with Gasteiger partial charge < -0.3 is 13.9 Å². The third kappa shape index (κ3) is 4.58. The zero-order valence-electron chi connectivity index (χ0n) is 14.8. The largest absolute Gasteiger partial charge is 0.496 e. The molecule has 0 unspecified atom stereocenters. The normalized spacial score (nSPS) is 12.1. The van der Waals surface area contributed by atoms with Crippen molar-refractivity contribution in [1.82, 2.24) is 10.2 Å². The molecule has 0 aliphatic carbocycles. The molecule has 2 aromatic carbocycles. The first-order chi connectivity index (χ1) is 13.1.